The van der Waals surface area contributed by atoms with Crippen molar-refractivity contribution < 1.29 is 4.79 Å². The van der Waals surface area contributed by atoms with Crippen molar-refractivity contribution in [2.45, 2.75) is 45.6 Å². The summed E-state index contributed by atoms with van der Waals surface area (Å²) in [5.41, 5.74) is 0. The first kappa shape index (κ1) is 11.9. The van der Waals surface area contributed by atoms with Gasteiger partial charge in [-0.25, -0.2) is 0 Å². The normalized spacial score (nSPS) is 31.2. The van der Waals surface area contributed by atoms with Crippen molar-refractivity contribution in [2.75, 3.05) is 19.6 Å². The lowest BCUT2D eigenvalue weighted by atomic mass is 9.91. The molecule has 3 unspecified atom stereocenters. The Hall–Kier alpha value is -0.570. The molecule has 3 nitrogen and oxygen atoms in total. The fraction of sp³-hybridized carbons (Fsp3) is 0.923. The van der Waals surface area contributed by atoms with E-state index in [0.717, 1.165) is 38.4 Å². The van der Waals surface area contributed by atoms with E-state index in [1.165, 1.54) is 12.8 Å². The Morgan fingerprint density at radius 3 is 3.06 bits per heavy atom. The van der Waals surface area contributed by atoms with Crippen LogP contribution in [0.25, 0.3) is 0 Å². The van der Waals surface area contributed by atoms with Gasteiger partial charge in [0.1, 0.15) is 0 Å². The van der Waals surface area contributed by atoms with Crippen LogP contribution in [0.4, 0.5) is 0 Å². The predicted molar refractivity (Wildman–Crippen MR) is 65.2 cm³/mol. The van der Waals surface area contributed by atoms with Crippen LogP contribution in [-0.2, 0) is 4.79 Å². The fourth-order valence-corrected chi connectivity index (χ4v) is 2.94. The fourth-order valence-electron chi connectivity index (χ4n) is 2.94. The highest BCUT2D eigenvalue weighted by Gasteiger charge is 2.37. The number of carbonyl (C=O) groups excluding carboxylic acids is 1. The molecule has 2 aliphatic heterocycles. The average molecular weight is 224 g/mol. The lowest BCUT2D eigenvalue weighted by molar-refractivity contribution is -0.136. The highest BCUT2D eigenvalue weighted by Crippen LogP contribution is 2.27. The van der Waals surface area contributed by atoms with Crippen LogP contribution >= 0.6 is 0 Å². The van der Waals surface area contributed by atoms with Crippen LogP contribution in [0.2, 0.25) is 0 Å². The number of nitrogens with one attached hydrogen (secondary N) is 1. The molecule has 0 aromatic heterocycles. The zero-order valence-electron chi connectivity index (χ0n) is 10.5. The predicted octanol–water partition coefficient (Wildman–Crippen LogP) is 1.63. The van der Waals surface area contributed by atoms with Gasteiger partial charge in [0, 0.05) is 32.1 Å². The van der Waals surface area contributed by atoms with E-state index < -0.39 is 0 Å². The molecule has 1 amide bonds. The number of fused-ring (bicyclic) bond motifs is 1. The Kier molecular flexibility index (Phi) is 3.85. The van der Waals surface area contributed by atoms with E-state index in [2.05, 4.69) is 24.1 Å². The zero-order valence-corrected chi connectivity index (χ0v) is 10.5. The van der Waals surface area contributed by atoms with Crippen molar-refractivity contribution in [1.29, 1.82) is 0 Å². The van der Waals surface area contributed by atoms with E-state index in [1.54, 1.807) is 0 Å². The summed E-state index contributed by atoms with van der Waals surface area (Å²) < 4.78 is 0. The third kappa shape index (κ3) is 2.40. The molecule has 2 rings (SSSR count). The lowest BCUT2D eigenvalue weighted by Gasteiger charge is -2.37. The Balaban J connectivity index is 1.94. The van der Waals surface area contributed by atoms with E-state index >= 15 is 0 Å². The van der Waals surface area contributed by atoms with E-state index in [1.807, 2.05) is 0 Å². The summed E-state index contributed by atoms with van der Waals surface area (Å²) in [4.78, 5) is 14.4. The van der Waals surface area contributed by atoms with Crippen LogP contribution < -0.4 is 5.32 Å². The Morgan fingerprint density at radius 2 is 2.31 bits per heavy atom. The summed E-state index contributed by atoms with van der Waals surface area (Å²) in [6, 6.07) is 0.491. The highest BCUT2D eigenvalue weighted by atomic mass is 16.2. The van der Waals surface area contributed by atoms with E-state index in [-0.39, 0.29) is 0 Å². The van der Waals surface area contributed by atoms with Crippen LogP contribution in [0.3, 0.4) is 0 Å². The van der Waals surface area contributed by atoms with E-state index in [4.69, 9.17) is 0 Å². The van der Waals surface area contributed by atoms with Crippen LogP contribution in [0.15, 0.2) is 0 Å². The molecule has 0 aromatic rings. The number of likely N-dealkylation sites (tertiary alicyclic amines) is 1. The second-order valence-corrected chi connectivity index (χ2v) is 5.43. The van der Waals surface area contributed by atoms with Crippen molar-refractivity contribution in [3.63, 3.8) is 0 Å². The van der Waals surface area contributed by atoms with Crippen LogP contribution in [0.5, 0.6) is 0 Å². The maximum atomic E-state index is 12.2. The first-order valence-corrected chi connectivity index (χ1v) is 6.72. The Labute approximate surface area is 98.6 Å². The molecule has 0 spiro atoms. The summed E-state index contributed by atoms with van der Waals surface area (Å²) in [6.07, 6.45) is 4.32. The first-order valence-electron chi connectivity index (χ1n) is 6.72. The Bertz CT molecular complexity index is 254. The standard InChI is InChI=1S/C13H24N2O/c1-3-10(2)7-13(16)15-6-4-5-11-8-14-9-12(11)15/h10-12,14H,3-9H2,1-2H3. The number of amides is 1. The molecule has 3 heteroatoms. The quantitative estimate of drug-likeness (QED) is 0.790. The summed E-state index contributed by atoms with van der Waals surface area (Å²) in [6.45, 7) is 7.44. The molecule has 0 radical (unpaired) electrons. The summed E-state index contributed by atoms with van der Waals surface area (Å²) >= 11 is 0. The van der Waals surface area contributed by atoms with Gasteiger partial charge in [0.2, 0.25) is 5.91 Å². The minimum Gasteiger partial charge on any atom is -0.338 e. The minimum absolute atomic E-state index is 0.382. The van der Waals surface area contributed by atoms with Crippen molar-refractivity contribution >= 4 is 5.91 Å². The van der Waals surface area contributed by atoms with Gasteiger partial charge in [-0.1, -0.05) is 20.3 Å². The van der Waals surface area contributed by atoms with Gasteiger partial charge in [0.25, 0.3) is 0 Å². The number of hydrogen-bond donors (Lipinski definition) is 1. The van der Waals surface area contributed by atoms with Gasteiger partial charge in [-0.05, 0) is 24.7 Å². The summed E-state index contributed by atoms with van der Waals surface area (Å²) in [5, 5.41) is 3.42. The molecule has 2 fully saturated rings. The Morgan fingerprint density at radius 1 is 1.50 bits per heavy atom. The smallest absolute Gasteiger partial charge is 0.223 e. The molecule has 2 aliphatic rings. The maximum absolute atomic E-state index is 12.2. The molecule has 2 heterocycles. The van der Waals surface area contributed by atoms with Gasteiger partial charge in [-0.2, -0.15) is 0 Å². The molecule has 0 aromatic carbocycles. The second-order valence-electron chi connectivity index (χ2n) is 5.43. The minimum atomic E-state index is 0.382. The molecule has 16 heavy (non-hydrogen) atoms. The van der Waals surface area contributed by atoms with Crippen molar-refractivity contribution in [3.05, 3.63) is 0 Å². The molecular weight excluding hydrogens is 200 g/mol. The van der Waals surface area contributed by atoms with E-state index in [9.17, 15) is 4.79 Å². The second kappa shape index (κ2) is 5.17. The molecule has 0 saturated carbocycles. The monoisotopic (exact) mass is 224 g/mol. The van der Waals surface area contributed by atoms with Gasteiger partial charge in [-0.3, -0.25) is 4.79 Å². The molecule has 92 valence electrons. The van der Waals surface area contributed by atoms with Gasteiger partial charge in [-0.15, -0.1) is 0 Å². The molecule has 0 aliphatic carbocycles. The van der Waals surface area contributed by atoms with Gasteiger partial charge >= 0.3 is 0 Å². The number of piperidine rings is 1. The van der Waals surface area contributed by atoms with Gasteiger partial charge in [0.15, 0.2) is 0 Å². The third-order valence-corrected chi connectivity index (χ3v) is 4.22. The molecule has 0 bridgehead atoms. The number of rotatable bonds is 3. The summed E-state index contributed by atoms with van der Waals surface area (Å²) in [7, 11) is 0. The molecule has 3 atom stereocenters. The average Bonchev–Trinajstić information content (AvgIpc) is 2.76. The van der Waals surface area contributed by atoms with Crippen LogP contribution in [-0.4, -0.2) is 36.5 Å². The third-order valence-electron chi connectivity index (χ3n) is 4.22. The SMILES string of the molecule is CCC(C)CC(=O)N1CCCC2CNCC21. The first-order chi connectivity index (χ1) is 7.72. The van der Waals surface area contributed by atoms with Crippen molar-refractivity contribution in [1.82, 2.24) is 10.2 Å². The molecule has 1 N–H and O–H groups in total. The molecular formula is C13H24N2O. The van der Waals surface area contributed by atoms with Crippen LogP contribution in [0.1, 0.15) is 39.5 Å². The van der Waals surface area contributed by atoms with Gasteiger partial charge in [0.05, 0.1) is 0 Å². The lowest BCUT2D eigenvalue weighted by Crippen LogP contribution is -2.48. The van der Waals surface area contributed by atoms with Crippen LogP contribution in [0, 0.1) is 11.8 Å². The zero-order chi connectivity index (χ0) is 11.5. The number of nitrogens with zero attached hydrogens (tertiary/aromatic N) is 1. The topological polar surface area (TPSA) is 32.3 Å². The maximum Gasteiger partial charge on any atom is 0.223 e. The molecule has 2 saturated heterocycles. The van der Waals surface area contributed by atoms with E-state index in [0.29, 0.717) is 17.9 Å². The number of carbonyl (C=O) groups is 1. The largest absolute Gasteiger partial charge is 0.338 e. The highest BCUT2D eigenvalue weighted by molar-refractivity contribution is 5.77. The number of hydrogen-bond acceptors (Lipinski definition) is 2. The van der Waals surface area contributed by atoms with Gasteiger partial charge < -0.3 is 10.2 Å². The van der Waals surface area contributed by atoms with Crippen molar-refractivity contribution in [3.8, 4) is 0 Å². The van der Waals surface area contributed by atoms with Crippen molar-refractivity contribution in [2.24, 2.45) is 11.8 Å². The summed E-state index contributed by atoms with van der Waals surface area (Å²) in [5.74, 6) is 1.63.